The van der Waals surface area contributed by atoms with E-state index >= 15 is 0 Å². The van der Waals surface area contributed by atoms with Crippen molar-refractivity contribution in [1.82, 2.24) is 4.31 Å². The van der Waals surface area contributed by atoms with E-state index < -0.39 is 16.0 Å². The number of esters is 1. The van der Waals surface area contributed by atoms with Gasteiger partial charge >= 0.3 is 5.97 Å². The fourth-order valence-corrected chi connectivity index (χ4v) is 3.64. The van der Waals surface area contributed by atoms with Crippen LogP contribution >= 0.6 is 34.8 Å². The van der Waals surface area contributed by atoms with E-state index in [1.165, 1.54) is 32.3 Å². The quantitative estimate of drug-likeness (QED) is 0.466. The fraction of sp³-hybridized carbons (Fsp3) is 0.235. The Morgan fingerprint density at radius 1 is 1.00 bits per heavy atom. The summed E-state index contributed by atoms with van der Waals surface area (Å²) in [6.45, 7) is -0.107. The summed E-state index contributed by atoms with van der Waals surface area (Å²) < 4.78 is 35.9. The molecule has 2 aromatic carbocycles. The Hall–Kier alpha value is -1.51. The Morgan fingerprint density at radius 3 is 2.22 bits per heavy atom. The van der Waals surface area contributed by atoms with Gasteiger partial charge < -0.3 is 9.47 Å². The first kappa shape index (κ1) is 21.8. The molecule has 0 radical (unpaired) electrons. The summed E-state index contributed by atoms with van der Waals surface area (Å²) in [6, 6.07) is 8.72. The minimum atomic E-state index is -3.71. The van der Waals surface area contributed by atoms with E-state index in [9.17, 15) is 13.2 Å². The lowest BCUT2D eigenvalue weighted by Crippen LogP contribution is -2.22. The van der Waals surface area contributed by atoms with E-state index in [4.69, 9.17) is 44.3 Å². The van der Waals surface area contributed by atoms with Crippen LogP contribution in [0.15, 0.2) is 41.3 Å². The SMILES string of the molecule is CN(C)S(=O)(=O)c1ccc(Cl)c(C(=O)OCCOc2c(Cl)cccc2Cl)c1. The van der Waals surface area contributed by atoms with Crippen molar-refractivity contribution >= 4 is 50.8 Å². The van der Waals surface area contributed by atoms with Gasteiger partial charge in [0, 0.05) is 14.1 Å². The smallest absolute Gasteiger partial charge is 0.339 e. The van der Waals surface area contributed by atoms with Crippen molar-refractivity contribution < 1.29 is 22.7 Å². The van der Waals surface area contributed by atoms with Crippen molar-refractivity contribution in [3.8, 4) is 5.75 Å². The minimum Gasteiger partial charge on any atom is -0.487 e. The topological polar surface area (TPSA) is 72.9 Å². The highest BCUT2D eigenvalue weighted by Crippen LogP contribution is 2.32. The predicted molar refractivity (Wildman–Crippen MR) is 105 cm³/mol. The molecule has 0 amide bonds. The summed E-state index contributed by atoms with van der Waals surface area (Å²) in [5, 5.41) is 0.740. The summed E-state index contributed by atoms with van der Waals surface area (Å²) in [7, 11) is -0.931. The number of hydrogen-bond donors (Lipinski definition) is 0. The van der Waals surface area contributed by atoms with Gasteiger partial charge in [-0.1, -0.05) is 40.9 Å². The second kappa shape index (κ2) is 9.12. The highest BCUT2D eigenvalue weighted by atomic mass is 35.5. The Morgan fingerprint density at radius 2 is 1.63 bits per heavy atom. The molecular formula is C17H16Cl3NO5S. The molecule has 146 valence electrons. The van der Waals surface area contributed by atoms with Crippen LogP contribution in [0, 0.1) is 0 Å². The zero-order valence-corrected chi connectivity index (χ0v) is 17.5. The first-order valence-electron chi connectivity index (χ1n) is 7.60. The van der Waals surface area contributed by atoms with Gasteiger partial charge in [-0.15, -0.1) is 0 Å². The number of nitrogens with zero attached hydrogens (tertiary/aromatic N) is 1. The molecule has 0 saturated carbocycles. The second-order valence-electron chi connectivity index (χ2n) is 5.46. The molecule has 0 atom stereocenters. The maximum Gasteiger partial charge on any atom is 0.339 e. The molecule has 10 heteroatoms. The van der Waals surface area contributed by atoms with Crippen LogP contribution in [0.3, 0.4) is 0 Å². The third kappa shape index (κ3) is 5.27. The van der Waals surface area contributed by atoms with Gasteiger partial charge in [0.15, 0.2) is 5.75 Å². The molecule has 0 bridgehead atoms. The van der Waals surface area contributed by atoms with Crippen molar-refractivity contribution in [3.63, 3.8) is 0 Å². The molecule has 0 unspecified atom stereocenters. The first-order valence-corrected chi connectivity index (χ1v) is 10.2. The summed E-state index contributed by atoms with van der Waals surface area (Å²) >= 11 is 18.0. The lowest BCUT2D eigenvalue weighted by atomic mass is 10.2. The van der Waals surface area contributed by atoms with Gasteiger partial charge in [0.1, 0.15) is 13.2 Å². The van der Waals surface area contributed by atoms with Crippen LogP contribution in [-0.4, -0.2) is 46.0 Å². The molecule has 0 N–H and O–H groups in total. The molecule has 0 aliphatic heterocycles. The molecule has 2 rings (SSSR count). The standard InChI is InChI=1S/C17H16Cl3NO5S/c1-21(2)27(23,24)11-6-7-13(18)12(10-11)17(22)26-9-8-25-16-14(19)4-3-5-15(16)20/h3-7,10H,8-9H2,1-2H3. The number of benzene rings is 2. The van der Waals surface area contributed by atoms with Crippen LogP contribution in [0.2, 0.25) is 15.1 Å². The summed E-state index contributed by atoms with van der Waals surface area (Å²) in [5.41, 5.74) is -0.0598. The van der Waals surface area contributed by atoms with Gasteiger partial charge in [0.05, 0.1) is 25.5 Å². The fourth-order valence-electron chi connectivity index (χ4n) is 2.01. The van der Waals surface area contributed by atoms with Crippen molar-refractivity contribution in [2.75, 3.05) is 27.3 Å². The molecule has 0 heterocycles. The molecule has 6 nitrogen and oxygen atoms in total. The van der Waals surface area contributed by atoms with E-state index in [0.717, 1.165) is 4.31 Å². The van der Waals surface area contributed by atoms with Crippen LogP contribution in [-0.2, 0) is 14.8 Å². The molecule has 0 aromatic heterocycles. The molecular weight excluding hydrogens is 437 g/mol. The first-order chi connectivity index (χ1) is 12.6. The number of para-hydroxylation sites is 1. The second-order valence-corrected chi connectivity index (χ2v) is 8.84. The van der Waals surface area contributed by atoms with Gasteiger partial charge in [-0.25, -0.2) is 17.5 Å². The largest absolute Gasteiger partial charge is 0.487 e. The van der Waals surface area contributed by atoms with Crippen molar-refractivity contribution in [2.45, 2.75) is 4.90 Å². The van der Waals surface area contributed by atoms with Crippen LogP contribution < -0.4 is 4.74 Å². The van der Waals surface area contributed by atoms with Crippen LogP contribution in [0.5, 0.6) is 5.75 Å². The van der Waals surface area contributed by atoms with Crippen LogP contribution in [0.4, 0.5) is 0 Å². The third-order valence-corrected chi connectivity index (χ3v) is 6.15. The zero-order chi connectivity index (χ0) is 20.2. The van der Waals surface area contributed by atoms with Gasteiger partial charge in [0.2, 0.25) is 10.0 Å². The summed E-state index contributed by atoms with van der Waals surface area (Å²) in [6.07, 6.45) is 0. The number of rotatable bonds is 7. The van der Waals surface area contributed by atoms with Crippen molar-refractivity contribution in [3.05, 3.63) is 57.0 Å². The number of carbonyl (C=O) groups excluding carboxylic acids is 1. The lowest BCUT2D eigenvalue weighted by molar-refractivity contribution is 0.0450. The number of hydrogen-bond acceptors (Lipinski definition) is 5. The average Bonchev–Trinajstić information content (AvgIpc) is 2.60. The maximum atomic E-state index is 12.2. The average molecular weight is 453 g/mol. The Balaban J connectivity index is 2.04. The molecule has 0 aliphatic rings. The van der Waals surface area contributed by atoms with Gasteiger partial charge in [0.25, 0.3) is 0 Å². The van der Waals surface area contributed by atoms with E-state index in [1.54, 1.807) is 18.2 Å². The minimum absolute atomic E-state index is 0.00248. The molecule has 27 heavy (non-hydrogen) atoms. The molecule has 0 spiro atoms. The lowest BCUT2D eigenvalue weighted by Gasteiger charge is -2.13. The van der Waals surface area contributed by atoms with Crippen molar-refractivity contribution in [1.29, 1.82) is 0 Å². The van der Waals surface area contributed by atoms with E-state index in [2.05, 4.69) is 0 Å². The Labute approximate surface area is 172 Å². The number of ether oxygens (including phenoxy) is 2. The molecule has 0 aliphatic carbocycles. The number of sulfonamides is 1. The molecule has 0 fully saturated rings. The summed E-state index contributed by atoms with van der Waals surface area (Å²) in [4.78, 5) is 12.2. The normalized spacial score (nSPS) is 11.5. The summed E-state index contributed by atoms with van der Waals surface area (Å²) in [5.74, 6) is -0.487. The Bertz CT molecular complexity index is 927. The third-order valence-electron chi connectivity index (χ3n) is 3.42. The van der Waals surface area contributed by atoms with Gasteiger partial charge in [-0.3, -0.25) is 0 Å². The molecule has 2 aromatic rings. The monoisotopic (exact) mass is 451 g/mol. The van der Waals surface area contributed by atoms with E-state index in [1.807, 2.05) is 0 Å². The number of carbonyl (C=O) groups is 1. The Kier molecular flexibility index (Phi) is 7.36. The predicted octanol–water partition coefficient (Wildman–Crippen LogP) is 4.13. The van der Waals surface area contributed by atoms with E-state index in [-0.39, 0.29) is 34.4 Å². The van der Waals surface area contributed by atoms with Crippen molar-refractivity contribution in [2.24, 2.45) is 0 Å². The van der Waals surface area contributed by atoms with Crippen LogP contribution in [0.1, 0.15) is 10.4 Å². The number of halogens is 3. The zero-order valence-electron chi connectivity index (χ0n) is 14.4. The maximum absolute atomic E-state index is 12.2. The van der Waals surface area contributed by atoms with E-state index in [0.29, 0.717) is 10.0 Å². The van der Waals surface area contributed by atoms with Crippen LogP contribution in [0.25, 0.3) is 0 Å². The highest BCUT2D eigenvalue weighted by Gasteiger charge is 2.21. The van der Waals surface area contributed by atoms with Gasteiger partial charge in [-0.2, -0.15) is 0 Å². The highest BCUT2D eigenvalue weighted by molar-refractivity contribution is 7.89. The van der Waals surface area contributed by atoms with Gasteiger partial charge in [-0.05, 0) is 30.3 Å². The molecule has 0 saturated heterocycles.